The standard InChI is InChI=1S/C9H20N2O2/c1-4-5-10-6-7-11-9(12)8(2)13-3/h8,10H,4-7H2,1-3H3,(H,11,12). The Morgan fingerprint density at radius 2 is 2.08 bits per heavy atom. The van der Waals surface area contributed by atoms with E-state index in [0.29, 0.717) is 6.54 Å². The first-order chi connectivity index (χ1) is 6.22. The van der Waals surface area contributed by atoms with Gasteiger partial charge < -0.3 is 15.4 Å². The molecule has 1 unspecified atom stereocenters. The highest BCUT2D eigenvalue weighted by Crippen LogP contribution is 1.85. The van der Waals surface area contributed by atoms with E-state index in [9.17, 15) is 4.79 Å². The zero-order chi connectivity index (χ0) is 10.1. The molecule has 0 rings (SSSR count). The zero-order valence-corrected chi connectivity index (χ0v) is 8.72. The van der Waals surface area contributed by atoms with Crippen molar-refractivity contribution >= 4 is 5.91 Å². The molecule has 0 saturated heterocycles. The highest BCUT2D eigenvalue weighted by molar-refractivity contribution is 5.80. The maximum atomic E-state index is 11.1. The van der Waals surface area contributed by atoms with E-state index in [2.05, 4.69) is 17.6 Å². The Bertz CT molecular complexity index is 140. The third-order valence-electron chi connectivity index (χ3n) is 1.75. The molecule has 0 aromatic heterocycles. The molecule has 0 aliphatic heterocycles. The molecular formula is C9H20N2O2. The number of nitrogens with one attached hydrogen (secondary N) is 2. The molecule has 0 spiro atoms. The fraction of sp³-hybridized carbons (Fsp3) is 0.889. The van der Waals surface area contributed by atoms with Gasteiger partial charge in [-0.3, -0.25) is 4.79 Å². The number of ether oxygens (including phenoxy) is 1. The van der Waals surface area contributed by atoms with Gasteiger partial charge in [-0.05, 0) is 19.9 Å². The summed E-state index contributed by atoms with van der Waals surface area (Å²) in [6.45, 7) is 6.31. The van der Waals surface area contributed by atoms with Crippen molar-refractivity contribution in [1.29, 1.82) is 0 Å². The summed E-state index contributed by atoms with van der Waals surface area (Å²) in [5.74, 6) is -0.0548. The Hall–Kier alpha value is -0.610. The lowest BCUT2D eigenvalue weighted by Gasteiger charge is -2.10. The van der Waals surface area contributed by atoms with Gasteiger partial charge in [-0.2, -0.15) is 0 Å². The molecule has 0 aromatic carbocycles. The van der Waals surface area contributed by atoms with Gasteiger partial charge in [0.15, 0.2) is 0 Å². The van der Waals surface area contributed by atoms with Gasteiger partial charge in [-0.25, -0.2) is 0 Å². The molecule has 4 heteroatoms. The van der Waals surface area contributed by atoms with Gasteiger partial charge in [0, 0.05) is 20.2 Å². The lowest BCUT2D eigenvalue weighted by Crippen LogP contribution is -2.38. The number of hydrogen-bond donors (Lipinski definition) is 2. The van der Waals surface area contributed by atoms with Crippen LogP contribution in [0.3, 0.4) is 0 Å². The zero-order valence-electron chi connectivity index (χ0n) is 8.72. The normalized spacial score (nSPS) is 12.5. The number of amides is 1. The quantitative estimate of drug-likeness (QED) is 0.559. The predicted octanol–water partition coefficient (Wildman–Crippen LogP) is 0.137. The third kappa shape index (κ3) is 6.54. The van der Waals surface area contributed by atoms with Crippen molar-refractivity contribution in [2.24, 2.45) is 0 Å². The SMILES string of the molecule is CCCNCCNC(=O)C(C)OC. The number of hydrogen-bond acceptors (Lipinski definition) is 3. The molecule has 0 radical (unpaired) electrons. The molecule has 4 nitrogen and oxygen atoms in total. The van der Waals surface area contributed by atoms with E-state index in [1.54, 1.807) is 6.92 Å². The first-order valence-corrected chi connectivity index (χ1v) is 4.73. The largest absolute Gasteiger partial charge is 0.372 e. The lowest BCUT2D eigenvalue weighted by molar-refractivity contribution is -0.129. The van der Waals surface area contributed by atoms with Crippen LogP contribution in [0.4, 0.5) is 0 Å². The van der Waals surface area contributed by atoms with E-state index in [1.807, 2.05) is 0 Å². The minimum atomic E-state index is -0.355. The molecule has 13 heavy (non-hydrogen) atoms. The Labute approximate surface area is 80.0 Å². The molecule has 0 saturated carbocycles. The van der Waals surface area contributed by atoms with Crippen molar-refractivity contribution < 1.29 is 9.53 Å². The summed E-state index contributed by atoms with van der Waals surface area (Å²) in [6.07, 6.45) is 0.758. The van der Waals surface area contributed by atoms with Crippen LogP contribution in [0.25, 0.3) is 0 Å². The van der Waals surface area contributed by atoms with Gasteiger partial charge in [0.1, 0.15) is 6.10 Å². The van der Waals surface area contributed by atoms with Gasteiger partial charge in [0.05, 0.1) is 0 Å². The molecular weight excluding hydrogens is 168 g/mol. The van der Waals surface area contributed by atoms with E-state index < -0.39 is 0 Å². The monoisotopic (exact) mass is 188 g/mol. The fourth-order valence-electron chi connectivity index (χ4n) is 0.827. The maximum Gasteiger partial charge on any atom is 0.248 e. The van der Waals surface area contributed by atoms with E-state index in [0.717, 1.165) is 19.5 Å². The maximum absolute atomic E-state index is 11.1. The summed E-state index contributed by atoms with van der Waals surface area (Å²) in [5.41, 5.74) is 0. The molecule has 1 atom stereocenters. The van der Waals surface area contributed by atoms with Crippen molar-refractivity contribution in [3.63, 3.8) is 0 Å². The van der Waals surface area contributed by atoms with Crippen molar-refractivity contribution in [1.82, 2.24) is 10.6 Å². The van der Waals surface area contributed by atoms with Crippen LogP contribution in [-0.2, 0) is 9.53 Å². The van der Waals surface area contributed by atoms with Crippen LogP contribution in [0.1, 0.15) is 20.3 Å². The highest BCUT2D eigenvalue weighted by atomic mass is 16.5. The molecule has 2 N–H and O–H groups in total. The summed E-state index contributed by atoms with van der Waals surface area (Å²) < 4.78 is 4.86. The van der Waals surface area contributed by atoms with Crippen LogP contribution >= 0.6 is 0 Å². The number of carbonyl (C=O) groups excluding carboxylic acids is 1. The molecule has 1 amide bonds. The first kappa shape index (κ1) is 12.4. The van der Waals surface area contributed by atoms with Crippen molar-refractivity contribution in [3.8, 4) is 0 Å². The van der Waals surface area contributed by atoms with E-state index in [4.69, 9.17) is 4.74 Å². The van der Waals surface area contributed by atoms with E-state index in [-0.39, 0.29) is 12.0 Å². The van der Waals surface area contributed by atoms with Crippen molar-refractivity contribution in [2.75, 3.05) is 26.7 Å². The van der Waals surface area contributed by atoms with Crippen LogP contribution in [0.15, 0.2) is 0 Å². The van der Waals surface area contributed by atoms with Gasteiger partial charge in [-0.1, -0.05) is 6.92 Å². The summed E-state index contributed by atoms with van der Waals surface area (Å²) >= 11 is 0. The average molecular weight is 188 g/mol. The van der Waals surface area contributed by atoms with Crippen molar-refractivity contribution in [2.45, 2.75) is 26.4 Å². The molecule has 0 fully saturated rings. The van der Waals surface area contributed by atoms with Crippen molar-refractivity contribution in [3.05, 3.63) is 0 Å². The number of methoxy groups -OCH3 is 1. The Balaban J connectivity index is 3.27. The Morgan fingerprint density at radius 1 is 1.38 bits per heavy atom. The molecule has 0 bridgehead atoms. The second-order valence-electron chi connectivity index (χ2n) is 2.92. The summed E-state index contributed by atoms with van der Waals surface area (Å²) in [5, 5.41) is 5.96. The summed E-state index contributed by atoms with van der Waals surface area (Å²) in [7, 11) is 1.53. The van der Waals surface area contributed by atoms with Crippen LogP contribution in [0.2, 0.25) is 0 Å². The van der Waals surface area contributed by atoms with E-state index in [1.165, 1.54) is 7.11 Å². The van der Waals surface area contributed by atoms with Crippen LogP contribution < -0.4 is 10.6 Å². The van der Waals surface area contributed by atoms with Gasteiger partial charge in [0.25, 0.3) is 0 Å². The minimum Gasteiger partial charge on any atom is -0.372 e. The van der Waals surface area contributed by atoms with Gasteiger partial charge in [-0.15, -0.1) is 0 Å². The lowest BCUT2D eigenvalue weighted by atomic mass is 10.4. The van der Waals surface area contributed by atoms with Gasteiger partial charge >= 0.3 is 0 Å². The summed E-state index contributed by atoms with van der Waals surface area (Å²) in [4.78, 5) is 11.1. The minimum absolute atomic E-state index is 0.0548. The Kier molecular flexibility index (Phi) is 7.63. The van der Waals surface area contributed by atoms with Crippen LogP contribution in [-0.4, -0.2) is 38.8 Å². The second-order valence-corrected chi connectivity index (χ2v) is 2.92. The first-order valence-electron chi connectivity index (χ1n) is 4.73. The number of carbonyl (C=O) groups is 1. The predicted molar refractivity (Wildman–Crippen MR) is 52.6 cm³/mol. The third-order valence-corrected chi connectivity index (χ3v) is 1.75. The van der Waals surface area contributed by atoms with Crippen LogP contribution in [0.5, 0.6) is 0 Å². The molecule has 0 aromatic rings. The smallest absolute Gasteiger partial charge is 0.248 e. The molecule has 0 heterocycles. The van der Waals surface area contributed by atoms with E-state index >= 15 is 0 Å². The number of rotatable bonds is 7. The molecule has 0 aliphatic rings. The second kappa shape index (κ2) is 8.01. The van der Waals surface area contributed by atoms with Crippen LogP contribution in [0, 0.1) is 0 Å². The molecule has 78 valence electrons. The highest BCUT2D eigenvalue weighted by Gasteiger charge is 2.09. The average Bonchev–Trinajstić information content (AvgIpc) is 2.16. The molecule has 0 aliphatic carbocycles. The van der Waals surface area contributed by atoms with Gasteiger partial charge in [0.2, 0.25) is 5.91 Å². The topological polar surface area (TPSA) is 50.4 Å². The Morgan fingerprint density at radius 3 is 2.62 bits per heavy atom. The summed E-state index contributed by atoms with van der Waals surface area (Å²) in [6, 6.07) is 0. The fourth-order valence-corrected chi connectivity index (χ4v) is 0.827.